The van der Waals surface area contributed by atoms with E-state index in [2.05, 4.69) is 26.1 Å². The molecule has 180 valence electrons. The number of benzene rings is 3. The van der Waals surface area contributed by atoms with Crippen LogP contribution in [0.1, 0.15) is 33.3 Å². The van der Waals surface area contributed by atoms with Crippen LogP contribution in [0.5, 0.6) is 5.75 Å². The van der Waals surface area contributed by atoms with Crippen molar-refractivity contribution >= 4 is 45.8 Å². The van der Waals surface area contributed by atoms with Crippen LogP contribution in [0.25, 0.3) is 22.3 Å². The van der Waals surface area contributed by atoms with Gasteiger partial charge in [-0.1, -0.05) is 80.4 Å². The van der Waals surface area contributed by atoms with E-state index in [1.165, 1.54) is 6.07 Å². The molecule has 3 aromatic carbocycles. The van der Waals surface area contributed by atoms with Crippen molar-refractivity contribution in [1.29, 1.82) is 0 Å². The van der Waals surface area contributed by atoms with Crippen molar-refractivity contribution < 1.29 is 13.9 Å². The molecule has 7 heteroatoms. The van der Waals surface area contributed by atoms with Crippen LogP contribution in [0.3, 0.4) is 0 Å². The summed E-state index contributed by atoms with van der Waals surface area (Å²) in [4.78, 5) is 26.3. The van der Waals surface area contributed by atoms with Gasteiger partial charge in [0.1, 0.15) is 5.58 Å². The highest BCUT2D eigenvalue weighted by Crippen LogP contribution is 2.34. The first-order valence-electron chi connectivity index (χ1n) is 11.1. The van der Waals surface area contributed by atoms with Gasteiger partial charge < -0.3 is 14.5 Å². The Labute approximate surface area is 213 Å². The van der Waals surface area contributed by atoms with Gasteiger partial charge >= 0.3 is 0 Å². The minimum atomic E-state index is -1.02. The SMILES string of the molecule is C[C@H](Oc1c(-c2ccc(C(C)(C)C)cc2)oc2ccc(Cl)cc2c1=O)C(=O)Nc1ccccc1Cl. The van der Waals surface area contributed by atoms with Gasteiger partial charge in [-0.25, -0.2) is 0 Å². The minimum absolute atomic E-state index is 0.0376. The Hall–Kier alpha value is -3.28. The fraction of sp³-hybridized carbons (Fsp3) is 0.214. The number of hydrogen-bond donors (Lipinski definition) is 1. The second-order valence-electron chi connectivity index (χ2n) is 9.29. The number of para-hydroxylation sites is 1. The summed E-state index contributed by atoms with van der Waals surface area (Å²) in [7, 11) is 0. The molecule has 0 bridgehead atoms. The maximum absolute atomic E-state index is 13.5. The zero-order valence-corrected chi connectivity index (χ0v) is 21.3. The zero-order valence-electron chi connectivity index (χ0n) is 19.8. The lowest BCUT2D eigenvalue weighted by molar-refractivity contribution is -0.122. The largest absolute Gasteiger partial charge is 0.473 e. The van der Waals surface area contributed by atoms with Crippen molar-refractivity contribution in [3.8, 4) is 17.1 Å². The lowest BCUT2D eigenvalue weighted by Gasteiger charge is -2.20. The molecule has 1 aromatic heterocycles. The third kappa shape index (κ3) is 5.37. The van der Waals surface area contributed by atoms with Crippen LogP contribution in [-0.2, 0) is 10.2 Å². The first kappa shape index (κ1) is 24.8. The molecule has 0 fully saturated rings. The Morgan fingerprint density at radius 1 is 1.00 bits per heavy atom. The van der Waals surface area contributed by atoms with E-state index < -0.39 is 17.4 Å². The quantitative estimate of drug-likeness (QED) is 0.302. The predicted molar refractivity (Wildman–Crippen MR) is 142 cm³/mol. The molecule has 1 atom stereocenters. The molecule has 0 aliphatic heterocycles. The van der Waals surface area contributed by atoms with E-state index in [0.717, 1.165) is 5.56 Å². The van der Waals surface area contributed by atoms with Crippen LogP contribution in [-0.4, -0.2) is 12.0 Å². The number of ether oxygens (including phenoxy) is 1. The number of nitrogens with one attached hydrogen (secondary N) is 1. The maximum Gasteiger partial charge on any atom is 0.265 e. The first-order chi connectivity index (χ1) is 16.5. The normalized spacial score (nSPS) is 12.4. The maximum atomic E-state index is 13.5. The van der Waals surface area contributed by atoms with Gasteiger partial charge in [-0.15, -0.1) is 0 Å². The minimum Gasteiger partial charge on any atom is -0.473 e. The van der Waals surface area contributed by atoms with Crippen LogP contribution in [0.2, 0.25) is 10.0 Å². The van der Waals surface area contributed by atoms with E-state index in [0.29, 0.717) is 26.9 Å². The van der Waals surface area contributed by atoms with Crippen molar-refractivity contribution in [2.45, 2.75) is 39.2 Å². The summed E-state index contributed by atoms with van der Waals surface area (Å²) >= 11 is 12.3. The van der Waals surface area contributed by atoms with Crippen LogP contribution in [0, 0.1) is 0 Å². The van der Waals surface area contributed by atoms with Crippen molar-refractivity contribution in [3.63, 3.8) is 0 Å². The Kier molecular flexibility index (Phi) is 6.93. The summed E-state index contributed by atoms with van der Waals surface area (Å²) in [5.41, 5.74) is 2.15. The highest BCUT2D eigenvalue weighted by atomic mass is 35.5. The fourth-order valence-electron chi connectivity index (χ4n) is 3.60. The van der Waals surface area contributed by atoms with Gasteiger partial charge in [0.05, 0.1) is 16.1 Å². The van der Waals surface area contributed by atoms with Gasteiger partial charge in [0, 0.05) is 10.6 Å². The van der Waals surface area contributed by atoms with E-state index in [9.17, 15) is 9.59 Å². The second-order valence-corrected chi connectivity index (χ2v) is 10.1. The Morgan fingerprint density at radius 3 is 2.34 bits per heavy atom. The molecule has 0 aliphatic carbocycles. The summed E-state index contributed by atoms with van der Waals surface area (Å²) in [5.74, 6) is -0.287. The summed E-state index contributed by atoms with van der Waals surface area (Å²) in [6, 6.07) is 19.4. The lowest BCUT2D eigenvalue weighted by atomic mass is 9.86. The lowest BCUT2D eigenvalue weighted by Crippen LogP contribution is -2.32. The highest BCUT2D eigenvalue weighted by molar-refractivity contribution is 6.33. The van der Waals surface area contributed by atoms with Gasteiger partial charge in [0.2, 0.25) is 11.2 Å². The van der Waals surface area contributed by atoms with E-state index in [4.69, 9.17) is 32.4 Å². The molecule has 1 N–H and O–H groups in total. The number of carbonyl (C=O) groups excluding carboxylic acids is 1. The summed E-state index contributed by atoms with van der Waals surface area (Å²) in [6.45, 7) is 7.92. The predicted octanol–water partition coefficient (Wildman–Crippen LogP) is 7.47. The molecule has 0 saturated carbocycles. The molecule has 0 aliphatic rings. The molecular weight excluding hydrogens is 485 g/mol. The molecule has 0 saturated heterocycles. The molecule has 0 spiro atoms. The van der Waals surface area contributed by atoms with E-state index >= 15 is 0 Å². The van der Waals surface area contributed by atoms with Gasteiger partial charge in [0.25, 0.3) is 5.91 Å². The zero-order chi connectivity index (χ0) is 25.3. The molecule has 4 aromatic rings. The van der Waals surface area contributed by atoms with E-state index in [1.807, 2.05) is 24.3 Å². The molecule has 0 radical (unpaired) electrons. The smallest absolute Gasteiger partial charge is 0.265 e. The van der Waals surface area contributed by atoms with E-state index in [1.54, 1.807) is 43.3 Å². The standard InChI is InChI=1S/C28H25Cl2NO4/c1-16(27(33)31-22-8-6-5-7-21(22)30)34-26-24(32)20-15-19(29)13-14-23(20)35-25(26)17-9-11-18(12-10-17)28(2,3)4/h5-16H,1-4H3,(H,31,33)/t16-/m0/s1. The van der Waals surface area contributed by atoms with Crippen molar-refractivity contribution in [3.05, 3.63) is 92.6 Å². The van der Waals surface area contributed by atoms with Gasteiger partial charge in [-0.2, -0.15) is 0 Å². The van der Waals surface area contributed by atoms with Crippen molar-refractivity contribution in [2.75, 3.05) is 5.32 Å². The van der Waals surface area contributed by atoms with Crippen LogP contribution in [0.15, 0.2) is 75.9 Å². The topological polar surface area (TPSA) is 68.5 Å². The molecule has 1 amide bonds. The Morgan fingerprint density at radius 2 is 1.69 bits per heavy atom. The second kappa shape index (κ2) is 9.76. The number of fused-ring (bicyclic) bond motifs is 1. The summed E-state index contributed by atoms with van der Waals surface area (Å²) < 4.78 is 12.1. The van der Waals surface area contributed by atoms with Gasteiger partial charge in [-0.3, -0.25) is 9.59 Å². The third-order valence-corrected chi connectivity index (χ3v) is 6.18. The fourth-order valence-corrected chi connectivity index (χ4v) is 3.95. The number of anilines is 1. The highest BCUT2D eigenvalue weighted by Gasteiger charge is 2.24. The third-order valence-electron chi connectivity index (χ3n) is 5.62. The molecule has 1 heterocycles. The van der Waals surface area contributed by atoms with Gasteiger partial charge in [-0.05, 0) is 48.2 Å². The first-order valence-corrected chi connectivity index (χ1v) is 11.9. The Balaban J connectivity index is 1.76. The number of rotatable bonds is 5. The number of amides is 1. The average molecular weight is 510 g/mol. The molecular formula is C28H25Cl2NO4. The number of hydrogen-bond acceptors (Lipinski definition) is 4. The number of halogens is 2. The molecule has 4 rings (SSSR count). The van der Waals surface area contributed by atoms with Crippen LogP contribution >= 0.6 is 23.2 Å². The van der Waals surface area contributed by atoms with Crippen LogP contribution < -0.4 is 15.5 Å². The average Bonchev–Trinajstić information content (AvgIpc) is 2.82. The molecule has 0 unspecified atom stereocenters. The molecule has 35 heavy (non-hydrogen) atoms. The number of carbonyl (C=O) groups is 1. The summed E-state index contributed by atoms with van der Waals surface area (Å²) in [5, 5.41) is 3.78. The van der Waals surface area contributed by atoms with E-state index in [-0.39, 0.29) is 22.3 Å². The van der Waals surface area contributed by atoms with Gasteiger partial charge in [0.15, 0.2) is 11.9 Å². The molecule has 5 nitrogen and oxygen atoms in total. The van der Waals surface area contributed by atoms with Crippen molar-refractivity contribution in [2.24, 2.45) is 0 Å². The van der Waals surface area contributed by atoms with Crippen LogP contribution in [0.4, 0.5) is 5.69 Å². The van der Waals surface area contributed by atoms with Crippen molar-refractivity contribution in [1.82, 2.24) is 0 Å². The summed E-state index contributed by atoms with van der Waals surface area (Å²) in [6.07, 6.45) is -1.02. The monoisotopic (exact) mass is 509 g/mol. The Bertz CT molecular complexity index is 1450.